The Labute approximate surface area is 78.8 Å². The molecule has 1 aliphatic heterocycles. The predicted molar refractivity (Wildman–Crippen MR) is 51.4 cm³/mol. The van der Waals surface area contributed by atoms with Crippen LogP contribution in [-0.4, -0.2) is 30.1 Å². The van der Waals surface area contributed by atoms with Gasteiger partial charge >= 0.3 is 6.03 Å². The molecule has 0 bridgehead atoms. The Hall–Kier alpha value is -0.990. The molecule has 2 rings (SSSR count). The van der Waals surface area contributed by atoms with E-state index in [4.69, 9.17) is 0 Å². The number of hydrogen-bond acceptors (Lipinski definition) is 1. The third-order valence-electron chi connectivity index (χ3n) is 2.92. The maximum absolute atomic E-state index is 11.6. The number of hydrogen-bond donors (Lipinski definition) is 1. The highest BCUT2D eigenvalue weighted by Crippen LogP contribution is 2.42. The van der Waals surface area contributed by atoms with E-state index in [-0.39, 0.29) is 6.03 Å². The van der Waals surface area contributed by atoms with Gasteiger partial charge in [0.15, 0.2) is 0 Å². The molecule has 1 saturated heterocycles. The van der Waals surface area contributed by atoms with Crippen molar-refractivity contribution in [3.8, 4) is 0 Å². The molecule has 72 valence electrons. The first-order valence-corrected chi connectivity index (χ1v) is 4.98. The predicted octanol–water partition coefficient (Wildman–Crippen LogP) is 1.37. The highest BCUT2D eigenvalue weighted by molar-refractivity contribution is 5.75. The Morgan fingerprint density at radius 3 is 3.31 bits per heavy atom. The zero-order valence-corrected chi connectivity index (χ0v) is 7.83. The number of carbonyl (C=O) groups is 1. The number of piperidine rings is 1. The van der Waals surface area contributed by atoms with Crippen molar-refractivity contribution in [1.29, 1.82) is 0 Å². The summed E-state index contributed by atoms with van der Waals surface area (Å²) in [6.07, 6.45) is 5.42. The molecule has 1 heterocycles. The number of fused-ring (bicyclic) bond motifs is 1. The van der Waals surface area contributed by atoms with Gasteiger partial charge in [-0.05, 0) is 25.2 Å². The molecule has 2 fully saturated rings. The molecule has 0 aromatic heterocycles. The van der Waals surface area contributed by atoms with E-state index in [0.717, 1.165) is 12.5 Å². The molecule has 2 aliphatic rings. The zero-order chi connectivity index (χ0) is 9.26. The molecule has 13 heavy (non-hydrogen) atoms. The fourth-order valence-electron chi connectivity index (χ4n) is 2.13. The summed E-state index contributed by atoms with van der Waals surface area (Å²) in [5.41, 5.74) is 0. The number of likely N-dealkylation sites (tertiary alicyclic amines) is 1. The number of nitrogens with one attached hydrogen (secondary N) is 1. The van der Waals surface area contributed by atoms with Crippen LogP contribution in [0.1, 0.15) is 19.3 Å². The van der Waals surface area contributed by atoms with Gasteiger partial charge in [-0.25, -0.2) is 4.79 Å². The minimum atomic E-state index is 0.0899. The first kappa shape index (κ1) is 8.60. The van der Waals surface area contributed by atoms with E-state index in [2.05, 4.69) is 11.9 Å². The van der Waals surface area contributed by atoms with E-state index in [0.29, 0.717) is 12.6 Å². The average molecular weight is 180 g/mol. The fraction of sp³-hybridized carbons (Fsp3) is 0.700. The van der Waals surface area contributed by atoms with Gasteiger partial charge < -0.3 is 10.2 Å². The highest BCUT2D eigenvalue weighted by Gasteiger charge is 2.45. The highest BCUT2D eigenvalue weighted by atomic mass is 16.2. The minimum Gasteiger partial charge on any atom is -0.335 e. The second-order valence-corrected chi connectivity index (χ2v) is 3.87. The quantitative estimate of drug-likeness (QED) is 0.639. The van der Waals surface area contributed by atoms with Crippen molar-refractivity contribution in [2.24, 2.45) is 5.92 Å². The van der Waals surface area contributed by atoms with Gasteiger partial charge in [-0.2, -0.15) is 0 Å². The van der Waals surface area contributed by atoms with Crippen molar-refractivity contribution in [1.82, 2.24) is 10.2 Å². The topological polar surface area (TPSA) is 32.3 Å². The van der Waals surface area contributed by atoms with Gasteiger partial charge in [-0.1, -0.05) is 6.08 Å². The summed E-state index contributed by atoms with van der Waals surface area (Å²) in [7, 11) is 0. The maximum atomic E-state index is 11.6. The molecule has 0 aromatic carbocycles. The molecule has 1 N–H and O–H groups in total. The largest absolute Gasteiger partial charge is 0.335 e. The number of nitrogens with zero attached hydrogens (tertiary/aromatic N) is 1. The summed E-state index contributed by atoms with van der Waals surface area (Å²) >= 11 is 0. The summed E-state index contributed by atoms with van der Waals surface area (Å²) in [5, 5.41) is 2.83. The summed E-state index contributed by atoms with van der Waals surface area (Å²) in [6, 6.07) is 0.644. The van der Waals surface area contributed by atoms with E-state index in [1.54, 1.807) is 6.08 Å². The lowest BCUT2D eigenvalue weighted by atomic mass is 10.1. The Balaban J connectivity index is 1.85. The molecule has 0 spiro atoms. The van der Waals surface area contributed by atoms with Crippen LogP contribution in [0.3, 0.4) is 0 Å². The van der Waals surface area contributed by atoms with Crippen LogP contribution in [0, 0.1) is 5.92 Å². The fourth-order valence-corrected chi connectivity index (χ4v) is 2.13. The van der Waals surface area contributed by atoms with E-state index in [9.17, 15) is 4.79 Å². The Bertz CT molecular complexity index is 227. The Morgan fingerprint density at radius 2 is 2.54 bits per heavy atom. The van der Waals surface area contributed by atoms with Crippen LogP contribution in [0.5, 0.6) is 0 Å². The van der Waals surface area contributed by atoms with Crippen molar-refractivity contribution in [3.63, 3.8) is 0 Å². The molecule has 2 amide bonds. The third-order valence-corrected chi connectivity index (χ3v) is 2.92. The molecule has 3 heteroatoms. The molecule has 3 nitrogen and oxygen atoms in total. The van der Waals surface area contributed by atoms with Gasteiger partial charge in [-0.15, -0.1) is 6.58 Å². The number of carbonyl (C=O) groups excluding carboxylic acids is 1. The normalized spacial score (nSPS) is 30.6. The monoisotopic (exact) mass is 180 g/mol. The first-order chi connectivity index (χ1) is 6.33. The van der Waals surface area contributed by atoms with Gasteiger partial charge in [0.2, 0.25) is 0 Å². The lowest BCUT2D eigenvalue weighted by molar-refractivity contribution is 0.183. The van der Waals surface area contributed by atoms with Crippen LogP contribution in [0.4, 0.5) is 4.79 Å². The Morgan fingerprint density at radius 1 is 1.69 bits per heavy atom. The molecule has 0 unspecified atom stereocenters. The van der Waals surface area contributed by atoms with E-state index in [1.165, 1.54) is 19.3 Å². The molecular formula is C10H16N2O. The molecular weight excluding hydrogens is 164 g/mol. The summed E-state index contributed by atoms with van der Waals surface area (Å²) in [6.45, 7) is 5.08. The number of urea groups is 1. The van der Waals surface area contributed by atoms with Crippen LogP contribution in [0.15, 0.2) is 12.7 Å². The van der Waals surface area contributed by atoms with Crippen molar-refractivity contribution >= 4 is 6.03 Å². The first-order valence-electron chi connectivity index (χ1n) is 4.98. The lowest BCUT2D eigenvalue weighted by Crippen LogP contribution is -2.44. The summed E-state index contributed by atoms with van der Waals surface area (Å²) in [4.78, 5) is 13.5. The lowest BCUT2D eigenvalue weighted by Gasteiger charge is -2.26. The number of amides is 2. The van der Waals surface area contributed by atoms with Gasteiger partial charge in [0.25, 0.3) is 0 Å². The van der Waals surface area contributed by atoms with Gasteiger partial charge in [0.05, 0.1) is 0 Å². The van der Waals surface area contributed by atoms with Crippen molar-refractivity contribution in [2.75, 3.05) is 13.1 Å². The Kier molecular flexibility index (Phi) is 2.25. The second kappa shape index (κ2) is 3.40. The van der Waals surface area contributed by atoms with Crippen LogP contribution in [0.25, 0.3) is 0 Å². The van der Waals surface area contributed by atoms with E-state index in [1.807, 2.05) is 4.90 Å². The van der Waals surface area contributed by atoms with Crippen molar-refractivity contribution in [3.05, 3.63) is 12.7 Å². The van der Waals surface area contributed by atoms with Gasteiger partial charge in [-0.3, -0.25) is 0 Å². The third kappa shape index (κ3) is 1.69. The van der Waals surface area contributed by atoms with Crippen LogP contribution in [0.2, 0.25) is 0 Å². The van der Waals surface area contributed by atoms with Crippen molar-refractivity contribution < 1.29 is 4.79 Å². The summed E-state index contributed by atoms with van der Waals surface area (Å²) in [5.74, 6) is 0.809. The van der Waals surface area contributed by atoms with Crippen LogP contribution < -0.4 is 5.32 Å². The van der Waals surface area contributed by atoms with Crippen LogP contribution >= 0.6 is 0 Å². The van der Waals surface area contributed by atoms with Gasteiger partial charge in [0.1, 0.15) is 0 Å². The zero-order valence-electron chi connectivity index (χ0n) is 7.83. The van der Waals surface area contributed by atoms with E-state index < -0.39 is 0 Å². The summed E-state index contributed by atoms with van der Waals surface area (Å²) < 4.78 is 0. The van der Waals surface area contributed by atoms with Crippen molar-refractivity contribution in [2.45, 2.75) is 25.3 Å². The average Bonchev–Trinajstić information content (AvgIpc) is 2.92. The molecule has 1 saturated carbocycles. The standard InChI is InChI=1S/C10H16N2O/c1-2-5-11-10(13)12-6-3-4-8-7-9(8)12/h2,8-9H,1,3-7H2,(H,11,13)/t8-,9+/m1/s1. The SMILES string of the molecule is C=CCNC(=O)N1CCC[C@@H]2C[C@@H]21. The minimum absolute atomic E-state index is 0.0899. The smallest absolute Gasteiger partial charge is 0.317 e. The maximum Gasteiger partial charge on any atom is 0.317 e. The van der Waals surface area contributed by atoms with E-state index >= 15 is 0 Å². The van der Waals surface area contributed by atoms with Gasteiger partial charge in [0, 0.05) is 19.1 Å². The molecule has 1 aliphatic carbocycles. The molecule has 2 atom stereocenters. The number of rotatable bonds is 2. The molecule has 0 aromatic rings. The molecule has 0 radical (unpaired) electrons. The second-order valence-electron chi connectivity index (χ2n) is 3.87. The van der Waals surface area contributed by atoms with Crippen LogP contribution in [-0.2, 0) is 0 Å².